The van der Waals surface area contributed by atoms with E-state index in [2.05, 4.69) is 23.7 Å². The maximum atomic E-state index is 12.9. The molecule has 7 heteroatoms. The Hall–Kier alpha value is -2.06. The van der Waals surface area contributed by atoms with Crippen LogP contribution in [0, 0.1) is 12.8 Å². The number of benzene rings is 1. The number of fused-ring (bicyclic) bond motifs is 1. The number of thiophene rings is 1. The van der Waals surface area contributed by atoms with Gasteiger partial charge in [-0.15, -0.1) is 11.3 Å². The van der Waals surface area contributed by atoms with Gasteiger partial charge in [0.25, 0.3) is 5.56 Å². The summed E-state index contributed by atoms with van der Waals surface area (Å²) in [5.74, 6) is 1.05. The van der Waals surface area contributed by atoms with Crippen LogP contribution in [0.5, 0.6) is 0 Å². The maximum Gasteiger partial charge on any atom is 0.260 e. The van der Waals surface area contributed by atoms with Gasteiger partial charge in [0.2, 0.25) is 0 Å². The number of H-pyrrole nitrogens is 1. The van der Waals surface area contributed by atoms with Crippen molar-refractivity contribution in [3.63, 3.8) is 0 Å². The van der Waals surface area contributed by atoms with Crippen LogP contribution in [0.15, 0.2) is 34.4 Å². The lowest BCUT2D eigenvalue weighted by molar-refractivity contribution is 0.0170. The third-order valence-electron chi connectivity index (χ3n) is 4.84. The summed E-state index contributed by atoms with van der Waals surface area (Å²) in [5.41, 5.74) is 3.00. The summed E-state index contributed by atoms with van der Waals surface area (Å²) in [6.45, 7) is 10.8. The number of ether oxygens (including phenoxy) is 1. The first-order valence-electron chi connectivity index (χ1n) is 10.4. The Morgan fingerprint density at radius 1 is 1.23 bits per heavy atom. The molecule has 0 aliphatic heterocycles. The van der Waals surface area contributed by atoms with Crippen molar-refractivity contribution in [3.05, 3.63) is 51.4 Å². The molecule has 2 aromatic heterocycles. The predicted octanol–water partition coefficient (Wildman–Crippen LogP) is 3.82. The van der Waals surface area contributed by atoms with Gasteiger partial charge in [-0.3, -0.25) is 9.69 Å². The van der Waals surface area contributed by atoms with Crippen molar-refractivity contribution in [2.24, 2.45) is 5.92 Å². The van der Waals surface area contributed by atoms with E-state index < -0.39 is 6.10 Å². The van der Waals surface area contributed by atoms with Gasteiger partial charge in [-0.25, -0.2) is 4.98 Å². The molecule has 30 heavy (non-hydrogen) atoms. The average molecular weight is 430 g/mol. The molecule has 0 bridgehead atoms. The Balaban J connectivity index is 1.84. The highest BCUT2D eigenvalue weighted by atomic mass is 32.1. The van der Waals surface area contributed by atoms with E-state index in [0.717, 1.165) is 22.5 Å². The molecule has 0 unspecified atom stereocenters. The number of hydrogen-bond acceptors (Lipinski definition) is 6. The first-order chi connectivity index (χ1) is 14.4. The molecular weight excluding hydrogens is 398 g/mol. The number of aromatic nitrogens is 2. The van der Waals surface area contributed by atoms with Crippen LogP contribution < -0.4 is 5.56 Å². The summed E-state index contributed by atoms with van der Waals surface area (Å²) in [7, 11) is 0. The first-order valence-corrected chi connectivity index (χ1v) is 11.3. The van der Waals surface area contributed by atoms with Crippen LogP contribution in [-0.4, -0.2) is 52.4 Å². The zero-order valence-electron chi connectivity index (χ0n) is 18.1. The lowest BCUT2D eigenvalue weighted by atomic mass is 10.1. The number of rotatable bonds is 10. The van der Waals surface area contributed by atoms with Crippen molar-refractivity contribution < 1.29 is 9.84 Å². The minimum Gasteiger partial charge on any atom is -0.389 e. The van der Waals surface area contributed by atoms with Crippen molar-refractivity contribution >= 4 is 21.6 Å². The lowest BCUT2D eigenvalue weighted by Crippen LogP contribution is -2.37. The van der Waals surface area contributed by atoms with Gasteiger partial charge >= 0.3 is 0 Å². The van der Waals surface area contributed by atoms with Crippen molar-refractivity contribution in [1.82, 2.24) is 14.9 Å². The SMILES string of the molecule is CCOC[C@@H](O)CN(Cc1nc2scc(-c3ccc(C)cc3)c2c(=O)[nH]1)CC(C)C. The van der Waals surface area contributed by atoms with Crippen LogP contribution in [0.25, 0.3) is 21.3 Å². The van der Waals surface area contributed by atoms with Crippen molar-refractivity contribution in [2.75, 3.05) is 26.3 Å². The molecule has 2 heterocycles. The minimum absolute atomic E-state index is 0.119. The largest absolute Gasteiger partial charge is 0.389 e. The molecule has 0 aliphatic rings. The number of aliphatic hydroxyl groups is 1. The first kappa shape index (κ1) is 22.6. The standard InChI is InChI=1S/C23H31N3O3S/c1-5-29-13-18(27)11-26(10-15(2)3)12-20-24-22(28)21-19(14-30-23(21)25-20)17-8-6-16(4)7-9-17/h6-9,14-15,18,27H,5,10-13H2,1-4H3,(H,24,25,28)/t18-/m0/s1. The van der Waals surface area contributed by atoms with Gasteiger partial charge < -0.3 is 14.8 Å². The third-order valence-corrected chi connectivity index (χ3v) is 5.71. The highest BCUT2D eigenvalue weighted by Gasteiger charge is 2.17. The average Bonchev–Trinajstić information content (AvgIpc) is 3.11. The van der Waals surface area contributed by atoms with Crippen molar-refractivity contribution in [3.8, 4) is 11.1 Å². The smallest absolute Gasteiger partial charge is 0.260 e. The van der Waals surface area contributed by atoms with E-state index in [4.69, 9.17) is 9.72 Å². The molecule has 162 valence electrons. The van der Waals surface area contributed by atoms with Crippen LogP contribution in [0.1, 0.15) is 32.2 Å². The van der Waals surface area contributed by atoms with E-state index >= 15 is 0 Å². The van der Waals surface area contributed by atoms with Gasteiger partial charge in [-0.05, 0) is 25.3 Å². The maximum absolute atomic E-state index is 12.9. The van der Waals surface area contributed by atoms with Gasteiger partial charge in [-0.1, -0.05) is 43.7 Å². The van der Waals surface area contributed by atoms with Gasteiger partial charge in [0.1, 0.15) is 10.7 Å². The Morgan fingerprint density at radius 2 is 1.97 bits per heavy atom. The molecule has 0 spiro atoms. The molecule has 1 atom stereocenters. The fourth-order valence-corrected chi connectivity index (χ4v) is 4.52. The topological polar surface area (TPSA) is 78.5 Å². The van der Waals surface area contributed by atoms with E-state index in [1.165, 1.54) is 16.9 Å². The number of aliphatic hydroxyl groups excluding tert-OH is 1. The second-order valence-electron chi connectivity index (χ2n) is 8.11. The molecule has 2 N–H and O–H groups in total. The van der Waals surface area contributed by atoms with Gasteiger partial charge in [0, 0.05) is 30.6 Å². The van der Waals surface area contributed by atoms with Crippen LogP contribution in [0.3, 0.4) is 0 Å². The van der Waals surface area contributed by atoms with Crippen LogP contribution in [0.4, 0.5) is 0 Å². The van der Waals surface area contributed by atoms with Crippen LogP contribution >= 0.6 is 11.3 Å². The Morgan fingerprint density at radius 3 is 2.63 bits per heavy atom. The van der Waals surface area contributed by atoms with Crippen LogP contribution in [-0.2, 0) is 11.3 Å². The normalized spacial score (nSPS) is 12.9. The fraction of sp³-hybridized carbons (Fsp3) is 0.478. The number of hydrogen-bond donors (Lipinski definition) is 2. The molecule has 3 aromatic rings. The lowest BCUT2D eigenvalue weighted by Gasteiger charge is -2.26. The zero-order chi connectivity index (χ0) is 21.7. The summed E-state index contributed by atoms with van der Waals surface area (Å²) in [4.78, 5) is 23.5. The molecule has 0 radical (unpaired) electrons. The quantitative estimate of drug-likeness (QED) is 0.512. The van der Waals surface area contributed by atoms with Crippen LogP contribution in [0.2, 0.25) is 0 Å². The molecule has 6 nitrogen and oxygen atoms in total. The molecule has 0 aliphatic carbocycles. The van der Waals surface area contributed by atoms with Crippen molar-refractivity contribution in [2.45, 2.75) is 40.3 Å². The van der Waals surface area contributed by atoms with E-state index in [1.54, 1.807) is 0 Å². The summed E-state index contributed by atoms with van der Waals surface area (Å²) < 4.78 is 5.33. The molecular formula is C23H31N3O3S. The summed E-state index contributed by atoms with van der Waals surface area (Å²) in [5, 5.41) is 12.9. The summed E-state index contributed by atoms with van der Waals surface area (Å²) in [6.07, 6.45) is -0.575. The Labute approximate surface area is 181 Å². The number of aryl methyl sites for hydroxylation is 1. The number of nitrogens with one attached hydrogen (secondary N) is 1. The second-order valence-corrected chi connectivity index (χ2v) is 8.97. The number of nitrogens with zero attached hydrogens (tertiary/aromatic N) is 2. The highest BCUT2D eigenvalue weighted by Crippen LogP contribution is 2.30. The molecule has 0 saturated heterocycles. The van der Waals surface area contributed by atoms with Crippen molar-refractivity contribution in [1.29, 1.82) is 0 Å². The van der Waals surface area contributed by atoms with E-state index in [9.17, 15) is 9.90 Å². The molecule has 3 rings (SSSR count). The monoisotopic (exact) mass is 429 g/mol. The third kappa shape index (κ3) is 5.76. The molecule has 0 fully saturated rings. The molecule has 0 amide bonds. The summed E-state index contributed by atoms with van der Waals surface area (Å²) >= 11 is 1.49. The van der Waals surface area contributed by atoms with E-state index in [0.29, 0.717) is 43.4 Å². The minimum atomic E-state index is -0.575. The Kier molecular flexibility index (Phi) is 7.77. The van der Waals surface area contributed by atoms with Gasteiger partial charge in [-0.2, -0.15) is 0 Å². The molecule has 0 saturated carbocycles. The molecule has 1 aromatic carbocycles. The second kappa shape index (κ2) is 10.3. The summed E-state index contributed by atoms with van der Waals surface area (Å²) in [6, 6.07) is 8.17. The number of aromatic amines is 1. The van der Waals surface area contributed by atoms with E-state index in [-0.39, 0.29) is 5.56 Å². The van der Waals surface area contributed by atoms with Gasteiger partial charge in [0.15, 0.2) is 0 Å². The highest BCUT2D eigenvalue weighted by molar-refractivity contribution is 7.17. The predicted molar refractivity (Wildman–Crippen MR) is 123 cm³/mol. The van der Waals surface area contributed by atoms with Gasteiger partial charge in [0.05, 0.1) is 24.6 Å². The van der Waals surface area contributed by atoms with E-state index in [1.807, 2.05) is 43.5 Å². The zero-order valence-corrected chi connectivity index (χ0v) is 19.0. The Bertz CT molecular complexity index is 1010. The fourth-order valence-electron chi connectivity index (χ4n) is 3.55.